The van der Waals surface area contributed by atoms with Gasteiger partial charge in [0, 0.05) is 16.5 Å². The van der Waals surface area contributed by atoms with E-state index in [1.165, 1.54) is 32.9 Å². The number of rotatable bonds is 2. The molecule has 0 aliphatic heterocycles. The Hall–Kier alpha value is -2.43. The third-order valence-corrected chi connectivity index (χ3v) is 5.10. The fourth-order valence-electron chi connectivity index (χ4n) is 2.76. The Balaban J connectivity index is 0.000000487. The van der Waals surface area contributed by atoms with E-state index >= 15 is 0 Å². The topological polar surface area (TPSA) is 34.1 Å². The molecule has 0 aliphatic carbocycles. The van der Waals surface area contributed by atoms with Gasteiger partial charge in [0.15, 0.2) is 0 Å². The van der Waals surface area contributed by atoms with Gasteiger partial charge in [0.05, 0.1) is 0 Å². The summed E-state index contributed by atoms with van der Waals surface area (Å²) in [5.41, 5.74) is 5.11. The first kappa shape index (κ1) is 28.6. The van der Waals surface area contributed by atoms with E-state index in [0.717, 1.165) is 0 Å². The van der Waals surface area contributed by atoms with Crippen molar-refractivity contribution in [3.05, 3.63) is 109 Å². The van der Waals surface area contributed by atoms with Crippen LogP contribution in [0.1, 0.15) is 0 Å². The van der Waals surface area contributed by atoms with E-state index in [-0.39, 0.29) is 16.5 Å². The van der Waals surface area contributed by atoms with Gasteiger partial charge in [0.2, 0.25) is 0 Å². The molecule has 2 atom stereocenters. The van der Waals surface area contributed by atoms with Crippen molar-refractivity contribution in [2.24, 2.45) is 0 Å². The summed E-state index contributed by atoms with van der Waals surface area (Å²) >= 11 is 0. The first-order chi connectivity index (χ1) is 14.8. The van der Waals surface area contributed by atoms with Crippen molar-refractivity contribution >= 4 is 42.7 Å². The van der Waals surface area contributed by atoms with Gasteiger partial charge < -0.3 is 0 Å². The maximum atomic E-state index is 7.50. The van der Waals surface area contributed by atoms with Crippen molar-refractivity contribution in [2.45, 2.75) is 0 Å². The average Bonchev–Trinajstić information content (AvgIpc) is 2.84. The summed E-state index contributed by atoms with van der Waals surface area (Å²) in [7, 11) is 5.52. The van der Waals surface area contributed by atoms with E-state index in [1.54, 1.807) is 0 Å². The van der Waals surface area contributed by atoms with E-state index in [4.69, 9.17) is 9.59 Å². The largest absolute Gasteiger partial charge is 0.281 e. The number of benzene rings is 4. The Morgan fingerprint density at radius 2 is 0.677 bits per heavy atom. The molecular weight excluding hydrogens is 465 g/mol. The minimum absolute atomic E-state index is 0. The minimum atomic E-state index is 0. The van der Waals surface area contributed by atoms with Crippen LogP contribution in [0.2, 0.25) is 0 Å². The van der Waals surface area contributed by atoms with Crippen LogP contribution in [0.5, 0.6) is 0 Å². The molecule has 4 radical (unpaired) electrons. The molecule has 0 saturated carbocycles. The van der Waals surface area contributed by atoms with Crippen LogP contribution in [0, 0.1) is 0 Å². The molecule has 4 aromatic carbocycles. The van der Waals surface area contributed by atoms with Crippen LogP contribution in [0.25, 0.3) is 22.3 Å². The molecule has 0 heterocycles. The van der Waals surface area contributed by atoms with Crippen molar-refractivity contribution in [3.8, 4) is 22.3 Å². The van der Waals surface area contributed by atoms with Gasteiger partial charge in [-0.2, -0.15) is 0 Å². The molecule has 0 spiro atoms. The van der Waals surface area contributed by atoms with Gasteiger partial charge in [-0.05, 0) is 32.9 Å². The SMILES string of the molecule is Pc1ccccc1-c1ccccc1.Pc1ccccc1-c1ccccc1.[C]=O.[C]=O.[Ni]. The average molecular weight is 487 g/mol. The van der Waals surface area contributed by atoms with Crippen LogP contribution < -0.4 is 10.6 Å². The van der Waals surface area contributed by atoms with Crippen LogP contribution in [0.15, 0.2) is 109 Å². The Kier molecular flexibility index (Phi) is 15.9. The molecule has 5 heteroatoms. The molecule has 0 aliphatic rings. The quantitative estimate of drug-likeness (QED) is 0.298. The second-order valence-electron chi connectivity index (χ2n) is 5.91. The minimum Gasteiger partial charge on any atom is -0.281 e. The Labute approximate surface area is 199 Å². The van der Waals surface area contributed by atoms with Crippen LogP contribution in [-0.2, 0) is 26.1 Å². The van der Waals surface area contributed by atoms with Gasteiger partial charge in [-0.25, -0.2) is 0 Å². The molecule has 0 amide bonds. The summed E-state index contributed by atoms with van der Waals surface area (Å²) < 4.78 is 0. The van der Waals surface area contributed by atoms with Crippen molar-refractivity contribution < 1.29 is 26.1 Å². The first-order valence-electron chi connectivity index (χ1n) is 8.96. The van der Waals surface area contributed by atoms with Gasteiger partial charge in [0.25, 0.3) is 13.6 Å². The second kappa shape index (κ2) is 17.3. The van der Waals surface area contributed by atoms with Gasteiger partial charge in [0.1, 0.15) is 0 Å². The molecule has 0 N–H and O–H groups in total. The van der Waals surface area contributed by atoms with Crippen LogP contribution in [-0.4, -0.2) is 13.6 Å². The summed E-state index contributed by atoms with van der Waals surface area (Å²) in [5, 5.41) is 2.49. The maximum Gasteiger partial charge on any atom is 0.281 e. The molecule has 2 nitrogen and oxygen atoms in total. The predicted molar refractivity (Wildman–Crippen MR) is 134 cm³/mol. The van der Waals surface area contributed by atoms with Crippen LogP contribution in [0.4, 0.5) is 0 Å². The van der Waals surface area contributed by atoms with Crippen molar-refractivity contribution in [3.63, 3.8) is 0 Å². The zero-order valence-electron chi connectivity index (χ0n) is 16.7. The normalized spacial score (nSPS) is 8.58. The van der Waals surface area contributed by atoms with E-state index in [2.05, 4.69) is 129 Å². The maximum absolute atomic E-state index is 7.50. The first-order valence-corrected chi connectivity index (χ1v) is 10.1. The summed E-state index contributed by atoms with van der Waals surface area (Å²) in [6, 6.07) is 37.5. The van der Waals surface area contributed by atoms with Crippen molar-refractivity contribution in [1.29, 1.82) is 0 Å². The standard InChI is InChI=1S/2C12H11P.2CO.Ni/c2*13-12-9-5-4-8-11(12)10-6-2-1-3-7-10;2*1-2;/h2*1-9H,13H2;;;. The second-order valence-corrected chi connectivity index (χ2v) is 7.15. The summed E-state index contributed by atoms with van der Waals surface area (Å²) in [5.74, 6) is 0. The third kappa shape index (κ3) is 9.50. The fourth-order valence-corrected chi connectivity index (χ4v) is 3.50. The summed E-state index contributed by atoms with van der Waals surface area (Å²) in [6.07, 6.45) is 0. The Morgan fingerprint density at radius 1 is 0.419 bits per heavy atom. The molecule has 4 rings (SSSR count). The van der Waals surface area contributed by atoms with Gasteiger partial charge in [-0.3, -0.25) is 9.59 Å². The zero-order chi connectivity index (χ0) is 22.2. The number of carbonyl (C=O) groups excluding carboxylic acids is 2. The van der Waals surface area contributed by atoms with E-state index in [0.29, 0.717) is 0 Å². The summed E-state index contributed by atoms with van der Waals surface area (Å²) in [6.45, 7) is 9.00. The zero-order valence-corrected chi connectivity index (χ0v) is 20.0. The van der Waals surface area contributed by atoms with Gasteiger partial charge in [-0.1, -0.05) is 109 Å². The number of hydrogen-bond donors (Lipinski definition) is 0. The molecule has 31 heavy (non-hydrogen) atoms. The Morgan fingerprint density at radius 3 is 0.968 bits per heavy atom. The van der Waals surface area contributed by atoms with Crippen molar-refractivity contribution in [2.75, 3.05) is 0 Å². The Bertz CT molecular complexity index is 913. The predicted octanol–water partition coefficient (Wildman–Crippen LogP) is 4.91. The van der Waals surface area contributed by atoms with E-state index in [9.17, 15) is 0 Å². The monoisotopic (exact) mass is 486 g/mol. The van der Waals surface area contributed by atoms with Gasteiger partial charge in [-0.15, -0.1) is 18.5 Å². The molecule has 0 saturated heterocycles. The molecule has 0 aromatic heterocycles. The smallest absolute Gasteiger partial charge is 0.281 e. The van der Waals surface area contributed by atoms with Crippen LogP contribution >= 0.6 is 18.5 Å². The van der Waals surface area contributed by atoms with Crippen molar-refractivity contribution in [1.82, 2.24) is 0 Å². The molecular formula is C26H22NiO2P2. The molecule has 2 unspecified atom stereocenters. The van der Waals surface area contributed by atoms with E-state index in [1.807, 2.05) is 12.1 Å². The van der Waals surface area contributed by atoms with Gasteiger partial charge >= 0.3 is 0 Å². The summed E-state index contributed by atoms with van der Waals surface area (Å²) in [4.78, 5) is 15.0. The molecule has 0 fully saturated rings. The van der Waals surface area contributed by atoms with E-state index < -0.39 is 0 Å². The fraction of sp³-hybridized carbons (Fsp3) is 0. The number of hydrogen-bond acceptors (Lipinski definition) is 2. The van der Waals surface area contributed by atoms with Crippen LogP contribution in [0.3, 0.4) is 0 Å². The molecule has 0 bridgehead atoms. The third-order valence-electron chi connectivity index (χ3n) is 4.09. The molecule has 4 aromatic rings. The molecule has 158 valence electrons.